The Morgan fingerprint density at radius 1 is 1.47 bits per heavy atom. The molecule has 0 spiro atoms. The molecule has 0 unspecified atom stereocenters. The zero-order valence-corrected chi connectivity index (χ0v) is 8.00. The maximum Gasteiger partial charge on any atom is 0.328 e. The van der Waals surface area contributed by atoms with Gasteiger partial charge in [-0.3, -0.25) is 4.68 Å². The Balaban J connectivity index is 2.25. The first-order valence-electron chi connectivity index (χ1n) is 4.57. The Labute approximate surface area is 86.4 Å². The van der Waals surface area contributed by atoms with E-state index >= 15 is 0 Å². The van der Waals surface area contributed by atoms with Gasteiger partial charge in [0, 0.05) is 11.5 Å². The van der Waals surface area contributed by atoms with Gasteiger partial charge in [0.25, 0.3) is 0 Å². The van der Waals surface area contributed by atoms with E-state index in [0.717, 1.165) is 17.0 Å². The summed E-state index contributed by atoms with van der Waals surface area (Å²) in [6.45, 7) is 0.472. The van der Waals surface area contributed by atoms with Gasteiger partial charge in [-0.1, -0.05) is 24.3 Å². The van der Waals surface area contributed by atoms with Crippen LogP contribution in [0.1, 0.15) is 0 Å². The molecule has 1 aromatic heterocycles. The Hall–Kier alpha value is -2.10. The van der Waals surface area contributed by atoms with Crippen molar-refractivity contribution in [3.8, 4) is 0 Å². The van der Waals surface area contributed by atoms with Gasteiger partial charge in [0.15, 0.2) is 0 Å². The molecule has 0 saturated carbocycles. The predicted molar refractivity (Wildman–Crippen MR) is 56.5 cm³/mol. The molecule has 76 valence electrons. The van der Waals surface area contributed by atoms with Crippen LogP contribution < -0.4 is 0 Å². The van der Waals surface area contributed by atoms with Crippen LogP contribution in [0.25, 0.3) is 10.9 Å². The highest BCUT2D eigenvalue weighted by molar-refractivity contribution is 5.80. The van der Waals surface area contributed by atoms with E-state index in [1.807, 2.05) is 24.3 Å². The van der Waals surface area contributed by atoms with E-state index < -0.39 is 5.97 Å². The van der Waals surface area contributed by atoms with Crippen LogP contribution in [0.5, 0.6) is 0 Å². The van der Waals surface area contributed by atoms with Gasteiger partial charge in [-0.2, -0.15) is 5.10 Å². The number of fused-ring (bicyclic) bond motifs is 1. The van der Waals surface area contributed by atoms with Crippen molar-refractivity contribution in [2.75, 3.05) is 0 Å². The molecular weight excluding hydrogens is 192 g/mol. The lowest BCUT2D eigenvalue weighted by Crippen LogP contribution is -1.97. The number of hydrogen-bond acceptors (Lipinski definition) is 2. The van der Waals surface area contributed by atoms with Gasteiger partial charge in [0.05, 0.1) is 18.3 Å². The molecule has 0 aliphatic heterocycles. The van der Waals surface area contributed by atoms with Gasteiger partial charge in [-0.05, 0) is 6.07 Å². The van der Waals surface area contributed by atoms with Crippen molar-refractivity contribution in [1.29, 1.82) is 0 Å². The lowest BCUT2D eigenvalue weighted by Gasteiger charge is -1.97. The third-order valence-corrected chi connectivity index (χ3v) is 2.09. The maximum atomic E-state index is 10.3. The summed E-state index contributed by atoms with van der Waals surface area (Å²) >= 11 is 0. The van der Waals surface area contributed by atoms with E-state index in [2.05, 4.69) is 5.10 Å². The van der Waals surface area contributed by atoms with E-state index in [9.17, 15) is 4.79 Å². The van der Waals surface area contributed by atoms with Gasteiger partial charge in [0.2, 0.25) is 0 Å². The summed E-state index contributed by atoms with van der Waals surface area (Å²) in [5.74, 6) is -0.938. The number of carboxylic acid groups (broad SMARTS) is 1. The van der Waals surface area contributed by atoms with Gasteiger partial charge < -0.3 is 5.11 Å². The van der Waals surface area contributed by atoms with Crippen LogP contribution in [0.2, 0.25) is 0 Å². The van der Waals surface area contributed by atoms with Crippen LogP contribution in [0, 0.1) is 0 Å². The normalized spacial score (nSPS) is 11.2. The molecule has 0 amide bonds. The number of para-hydroxylation sites is 1. The number of aromatic nitrogens is 2. The van der Waals surface area contributed by atoms with Crippen molar-refractivity contribution in [2.24, 2.45) is 0 Å². The lowest BCUT2D eigenvalue weighted by atomic mass is 10.2. The highest BCUT2D eigenvalue weighted by atomic mass is 16.4. The third kappa shape index (κ3) is 2.04. The van der Waals surface area contributed by atoms with Crippen molar-refractivity contribution in [3.63, 3.8) is 0 Å². The number of allylic oxidation sites excluding steroid dienone is 1. The predicted octanol–water partition coefficient (Wildman–Crippen LogP) is 1.68. The Bertz CT molecular complexity index is 514. The molecule has 15 heavy (non-hydrogen) atoms. The first-order chi connectivity index (χ1) is 7.27. The molecule has 0 aliphatic rings. The molecule has 0 fully saturated rings. The fourth-order valence-corrected chi connectivity index (χ4v) is 1.42. The fraction of sp³-hybridized carbons (Fsp3) is 0.0909. The average molecular weight is 202 g/mol. The molecular formula is C11H10N2O2. The summed E-state index contributed by atoms with van der Waals surface area (Å²) in [7, 11) is 0. The lowest BCUT2D eigenvalue weighted by molar-refractivity contribution is -0.131. The van der Waals surface area contributed by atoms with Crippen LogP contribution in [-0.2, 0) is 11.3 Å². The highest BCUT2D eigenvalue weighted by Crippen LogP contribution is 2.12. The number of benzene rings is 1. The number of carboxylic acids is 1. The van der Waals surface area contributed by atoms with Crippen molar-refractivity contribution in [1.82, 2.24) is 9.78 Å². The molecule has 1 aromatic carbocycles. The first-order valence-corrected chi connectivity index (χ1v) is 4.57. The van der Waals surface area contributed by atoms with Crippen LogP contribution in [0.4, 0.5) is 0 Å². The molecule has 2 aromatic rings. The third-order valence-electron chi connectivity index (χ3n) is 2.09. The molecule has 1 N–H and O–H groups in total. The van der Waals surface area contributed by atoms with Crippen LogP contribution >= 0.6 is 0 Å². The minimum absolute atomic E-state index is 0.472. The first kappa shape index (κ1) is 9.45. The van der Waals surface area contributed by atoms with E-state index in [-0.39, 0.29) is 0 Å². The zero-order valence-electron chi connectivity index (χ0n) is 8.00. The number of rotatable bonds is 3. The number of nitrogens with zero attached hydrogens (tertiary/aromatic N) is 2. The number of hydrogen-bond donors (Lipinski definition) is 1. The van der Waals surface area contributed by atoms with E-state index in [1.54, 1.807) is 17.0 Å². The minimum Gasteiger partial charge on any atom is -0.478 e. The maximum absolute atomic E-state index is 10.3. The van der Waals surface area contributed by atoms with Crippen LogP contribution in [0.15, 0.2) is 42.6 Å². The summed E-state index contributed by atoms with van der Waals surface area (Å²) in [4.78, 5) is 10.3. The van der Waals surface area contributed by atoms with Crippen LogP contribution in [0.3, 0.4) is 0 Å². The largest absolute Gasteiger partial charge is 0.478 e. The summed E-state index contributed by atoms with van der Waals surface area (Å²) in [5, 5.41) is 13.7. The zero-order chi connectivity index (χ0) is 10.7. The minimum atomic E-state index is -0.938. The summed E-state index contributed by atoms with van der Waals surface area (Å²) in [6, 6.07) is 7.81. The SMILES string of the molecule is O=C(O)C=CCn1ncc2ccccc21. The molecule has 0 radical (unpaired) electrons. The monoisotopic (exact) mass is 202 g/mol. The molecule has 0 saturated heterocycles. The molecule has 0 atom stereocenters. The van der Waals surface area contributed by atoms with E-state index in [4.69, 9.17) is 5.11 Å². The van der Waals surface area contributed by atoms with E-state index in [1.165, 1.54) is 0 Å². The quantitative estimate of drug-likeness (QED) is 0.770. The summed E-state index contributed by atoms with van der Waals surface area (Å²) in [5.41, 5.74) is 1.01. The number of carbonyl (C=O) groups is 1. The van der Waals surface area contributed by atoms with Crippen molar-refractivity contribution in [3.05, 3.63) is 42.6 Å². The standard InChI is InChI=1S/C11H10N2O2/c14-11(15)6-3-7-13-10-5-2-1-4-9(10)8-12-13/h1-6,8H,7H2,(H,14,15). The number of aliphatic carboxylic acids is 1. The Morgan fingerprint density at radius 3 is 3.07 bits per heavy atom. The smallest absolute Gasteiger partial charge is 0.328 e. The topological polar surface area (TPSA) is 55.1 Å². The molecule has 2 rings (SSSR count). The van der Waals surface area contributed by atoms with Gasteiger partial charge in [0.1, 0.15) is 0 Å². The van der Waals surface area contributed by atoms with Gasteiger partial charge >= 0.3 is 5.97 Å². The molecule has 0 aliphatic carbocycles. The van der Waals surface area contributed by atoms with Crippen LogP contribution in [-0.4, -0.2) is 20.9 Å². The van der Waals surface area contributed by atoms with E-state index in [0.29, 0.717) is 6.54 Å². The van der Waals surface area contributed by atoms with Crippen molar-refractivity contribution in [2.45, 2.75) is 6.54 Å². The second kappa shape index (κ2) is 3.96. The molecule has 4 heteroatoms. The Kier molecular flexibility index (Phi) is 2.49. The average Bonchev–Trinajstić information content (AvgIpc) is 2.62. The second-order valence-corrected chi connectivity index (χ2v) is 3.13. The second-order valence-electron chi connectivity index (χ2n) is 3.13. The van der Waals surface area contributed by atoms with Gasteiger partial charge in [-0.25, -0.2) is 4.79 Å². The summed E-state index contributed by atoms with van der Waals surface area (Å²) < 4.78 is 1.76. The fourth-order valence-electron chi connectivity index (χ4n) is 1.42. The highest BCUT2D eigenvalue weighted by Gasteiger charge is 1.98. The Morgan fingerprint density at radius 2 is 2.27 bits per heavy atom. The molecule has 1 heterocycles. The summed E-state index contributed by atoms with van der Waals surface area (Å²) in [6.07, 6.45) is 4.46. The van der Waals surface area contributed by atoms with Crippen molar-refractivity contribution < 1.29 is 9.90 Å². The molecule has 4 nitrogen and oxygen atoms in total. The van der Waals surface area contributed by atoms with Crippen molar-refractivity contribution >= 4 is 16.9 Å². The van der Waals surface area contributed by atoms with Gasteiger partial charge in [-0.15, -0.1) is 0 Å². The molecule has 0 bridgehead atoms.